The predicted molar refractivity (Wildman–Crippen MR) is 155 cm³/mol. The van der Waals surface area contributed by atoms with Crippen molar-refractivity contribution in [2.24, 2.45) is 11.8 Å². The molecule has 8 heteroatoms. The normalized spacial score (nSPS) is 24.2. The van der Waals surface area contributed by atoms with Crippen molar-refractivity contribution in [3.8, 4) is 5.75 Å². The molecule has 0 saturated heterocycles. The van der Waals surface area contributed by atoms with Crippen molar-refractivity contribution in [1.29, 1.82) is 0 Å². The SMILES string of the molecule is C[C@H]1CN([C@@H](C)CO)C(=O)Cc2cc(NC(=O)NC3CCCCC3)ccc2O[C@@H]1CN(C)CC1CCCCC1. The number of hydrogen-bond acceptors (Lipinski definition) is 5. The minimum Gasteiger partial charge on any atom is -0.488 e. The number of amides is 3. The minimum atomic E-state index is -0.273. The average Bonchev–Trinajstić information content (AvgIpc) is 2.97. The summed E-state index contributed by atoms with van der Waals surface area (Å²) in [4.78, 5) is 30.3. The fraction of sp³-hybridized carbons (Fsp3) is 0.742. The third kappa shape index (κ3) is 8.58. The second-order valence-corrected chi connectivity index (χ2v) is 12.4. The maximum absolute atomic E-state index is 13.5. The highest BCUT2D eigenvalue weighted by molar-refractivity contribution is 5.90. The summed E-state index contributed by atoms with van der Waals surface area (Å²) in [6.07, 6.45) is 12.3. The summed E-state index contributed by atoms with van der Waals surface area (Å²) in [5.41, 5.74) is 1.41. The number of aliphatic hydroxyl groups is 1. The molecule has 2 aliphatic carbocycles. The summed E-state index contributed by atoms with van der Waals surface area (Å²) in [6.45, 7) is 6.32. The molecule has 3 amide bonds. The highest BCUT2D eigenvalue weighted by Crippen LogP contribution is 2.30. The molecule has 39 heavy (non-hydrogen) atoms. The Kier molecular flexibility index (Phi) is 10.9. The molecule has 3 atom stereocenters. The van der Waals surface area contributed by atoms with Crippen molar-refractivity contribution >= 4 is 17.6 Å². The molecule has 0 aromatic heterocycles. The second-order valence-electron chi connectivity index (χ2n) is 12.4. The monoisotopic (exact) mass is 542 g/mol. The lowest BCUT2D eigenvalue weighted by molar-refractivity contribution is -0.134. The number of benzene rings is 1. The highest BCUT2D eigenvalue weighted by Gasteiger charge is 2.31. The summed E-state index contributed by atoms with van der Waals surface area (Å²) >= 11 is 0. The third-order valence-corrected chi connectivity index (χ3v) is 8.90. The van der Waals surface area contributed by atoms with Crippen molar-refractivity contribution in [3.05, 3.63) is 23.8 Å². The Morgan fingerprint density at radius 2 is 1.79 bits per heavy atom. The smallest absolute Gasteiger partial charge is 0.319 e. The highest BCUT2D eigenvalue weighted by atomic mass is 16.5. The topological polar surface area (TPSA) is 94.1 Å². The second kappa shape index (κ2) is 14.4. The van der Waals surface area contributed by atoms with E-state index in [-0.39, 0.29) is 49.1 Å². The van der Waals surface area contributed by atoms with Crippen LogP contribution >= 0.6 is 0 Å². The van der Waals surface area contributed by atoms with Crippen LogP contribution in [0.15, 0.2) is 18.2 Å². The number of carbonyl (C=O) groups excluding carboxylic acids is 2. The average molecular weight is 543 g/mol. The van der Waals surface area contributed by atoms with E-state index in [1.807, 2.05) is 25.1 Å². The quantitative estimate of drug-likeness (QED) is 0.439. The summed E-state index contributed by atoms with van der Waals surface area (Å²) in [7, 11) is 2.18. The van der Waals surface area contributed by atoms with Gasteiger partial charge in [-0.2, -0.15) is 0 Å². The molecule has 1 aliphatic heterocycles. The van der Waals surface area contributed by atoms with Crippen LogP contribution in [0.2, 0.25) is 0 Å². The van der Waals surface area contributed by atoms with Gasteiger partial charge in [0.2, 0.25) is 5.91 Å². The molecule has 0 bridgehead atoms. The number of fused-ring (bicyclic) bond motifs is 1. The summed E-state index contributed by atoms with van der Waals surface area (Å²) in [6, 6.07) is 5.37. The largest absolute Gasteiger partial charge is 0.488 e. The zero-order valence-electron chi connectivity index (χ0n) is 24.3. The molecular formula is C31H50N4O4. The van der Waals surface area contributed by atoms with E-state index >= 15 is 0 Å². The van der Waals surface area contributed by atoms with Gasteiger partial charge in [0.05, 0.1) is 19.1 Å². The van der Waals surface area contributed by atoms with E-state index in [0.29, 0.717) is 18.0 Å². The van der Waals surface area contributed by atoms with Crippen LogP contribution < -0.4 is 15.4 Å². The Balaban J connectivity index is 1.50. The molecule has 0 radical (unpaired) electrons. The van der Waals surface area contributed by atoms with E-state index < -0.39 is 0 Å². The summed E-state index contributed by atoms with van der Waals surface area (Å²) in [5.74, 6) is 1.49. The van der Waals surface area contributed by atoms with Crippen LogP contribution in [0.3, 0.4) is 0 Å². The number of carbonyl (C=O) groups is 2. The van der Waals surface area contributed by atoms with E-state index in [1.165, 1.54) is 38.5 Å². The van der Waals surface area contributed by atoms with Crippen LogP contribution in [0.5, 0.6) is 5.75 Å². The first-order chi connectivity index (χ1) is 18.8. The fourth-order valence-electron chi connectivity index (χ4n) is 6.52. The van der Waals surface area contributed by atoms with Gasteiger partial charge in [-0.3, -0.25) is 4.79 Å². The molecule has 218 valence electrons. The van der Waals surface area contributed by atoms with Crippen molar-refractivity contribution in [2.75, 3.05) is 38.6 Å². The van der Waals surface area contributed by atoms with Gasteiger partial charge in [-0.25, -0.2) is 4.79 Å². The lowest BCUT2D eigenvalue weighted by Gasteiger charge is -2.35. The van der Waals surface area contributed by atoms with Crippen molar-refractivity contribution in [2.45, 2.75) is 103 Å². The van der Waals surface area contributed by atoms with E-state index in [9.17, 15) is 14.7 Å². The Hall–Kier alpha value is -2.32. The molecule has 0 unspecified atom stereocenters. The van der Waals surface area contributed by atoms with Gasteiger partial charge in [0.1, 0.15) is 11.9 Å². The number of ether oxygens (including phenoxy) is 1. The van der Waals surface area contributed by atoms with E-state index in [0.717, 1.165) is 50.3 Å². The number of urea groups is 1. The van der Waals surface area contributed by atoms with Crippen LogP contribution in [-0.4, -0.2) is 78.3 Å². The lowest BCUT2D eigenvalue weighted by Crippen LogP contribution is -2.48. The Morgan fingerprint density at radius 3 is 2.49 bits per heavy atom. The van der Waals surface area contributed by atoms with Gasteiger partial charge in [-0.05, 0) is 63.8 Å². The van der Waals surface area contributed by atoms with Gasteiger partial charge < -0.3 is 30.3 Å². The molecule has 4 rings (SSSR count). The van der Waals surface area contributed by atoms with Crippen molar-refractivity contribution in [3.63, 3.8) is 0 Å². The molecule has 0 spiro atoms. The van der Waals surface area contributed by atoms with E-state index in [2.05, 4.69) is 29.5 Å². The number of nitrogens with one attached hydrogen (secondary N) is 2. The van der Waals surface area contributed by atoms with Crippen molar-refractivity contribution < 1.29 is 19.4 Å². The standard InChI is InChI=1S/C31H50N4O4/c1-22-18-35(23(2)21-36)30(37)17-25-16-27(33-31(38)32-26-12-8-5-9-13-26)14-15-28(25)39-29(22)20-34(3)19-24-10-6-4-7-11-24/h14-16,22-24,26,29,36H,4-13,17-21H2,1-3H3,(H2,32,33,38)/t22-,23-,29+/m0/s1. The number of likely N-dealkylation sites (N-methyl/N-ethyl adjacent to an activating group) is 1. The third-order valence-electron chi connectivity index (χ3n) is 8.90. The Morgan fingerprint density at radius 1 is 1.10 bits per heavy atom. The Bertz CT molecular complexity index is 945. The molecule has 8 nitrogen and oxygen atoms in total. The van der Waals surface area contributed by atoms with E-state index in [4.69, 9.17) is 4.74 Å². The number of anilines is 1. The predicted octanol–water partition coefficient (Wildman–Crippen LogP) is 4.80. The van der Waals surface area contributed by atoms with Crippen LogP contribution in [-0.2, 0) is 11.2 Å². The van der Waals surface area contributed by atoms with Gasteiger partial charge in [0.15, 0.2) is 0 Å². The van der Waals surface area contributed by atoms with Crippen LogP contribution in [0.1, 0.15) is 83.6 Å². The molecule has 3 N–H and O–H groups in total. The summed E-state index contributed by atoms with van der Waals surface area (Å²) < 4.78 is 6.67. The maximum Gasteiger partial charge on any atom is 0.319 e. The molecule has 1 aromatic rings. The zero-order valence-corrected chi connectivity index (χ0v) is 24.3. The minimum absolute atomic E-state index is 0.0340. The van der Waals surface area contributed by atoms with Gasteiger partial charge in [0, 0.05) is 42.8 Å². The lowest BCUT2D eigenvalue weighted by atomic mass is 9.89. The molecule has 2 saturated carbocycles. The first kappa shape index (κ1) is 29.7. The summed E-state index contributed by atoms with van der Waals surface area (Å²) in [5, 5.41) is 16.0. The van der Waals surface area contributed by atoms with Crippen LogP contribution in [0.25, 0.3) is 0 Å². The van der Waals surface area contributed by atoms with Gasteiger partial charge in [-0.15, -0.1) is 0 Å². The number of nitrogens with zero attached hydrogens (tertiary/aromatic N) is 2. The van der Waals surface area contributed by atoms with Gasteiger partial charge in [0.25, 0.3) is 0 Å². The molecule has 1 aromatic carbocycles. The Labute approximate surface area is 234 Å². The van der Waals surface area contributed by atoms with Crippen LogP contribution in [0.4, 0.5) is 10.5 Å². The molecule has 2 fully saturated rings. The number of rotatable bonds is 8. The number of hydrogen-bond donors (Lipinski definition) is 3. The van der Waals surface area contributed by atoms with Gasteiger partial charge in [-0.1, -0.05) is 45.4 Å². The molecule has 3 aliphatic rings. The van der Waals surface area contributed by atoms with Gasteiger partial charge >= 0.3 is 6.03 Å². The van der Waals surface area contributed by atoms with Crippen LogP contribution in [0, 0.1) is 11.8 Å². The first-order valence-electron chi connectivity index (χ1n) is 15.3. The fourth-order valence-corrected chi connectivity index (χ4v) is 6.52. The zero-order chi connectivity index (χ0) is 27.8. The molecular weight excluding hydrogens is 492 g/mol. The number of aliphatic hydroxyl groups excluding tert-OH is 1. The van der Waals surface area contributed by atoms with Crippen molar-refractivity contribution in [1.82, 2.24) is 15.1 Å². The maximum atomic E-state index is 13.5. The molecule has 1 heterocycles. The van der Waals surface area contributed by atoms with E-state index in [1.54, 1.807) is 4.90 Å². The first-order valence-corrected chi connectivity index (χ1v) is 15.3.